The summed E-state index contributed by atoms with van der Waals surface area (Å²) in [5.74, 6) is -0.900. The topological polar surface area (TPSA) is 78.5 Å². The lowest BCUT2D eigenvalue weighted by molar-refractivity contribution is -0.124. The van der Waals surface area contributed by atoms with E-state index in [1.807, 2.05) is 52.8 Å². The quantitative estimate of drug-likeness (QED) is 0.781. The van der Waals surface area contributed by atoms with Crippen LogP contribution in [0.4, 0.5) is 5.69 Å². The summed E-state index contributed by atoms with van der Waals surface area (Å²) in [5.41, 5.74) is 2.07. The van der Waals surface area contributed by atoms with E-state index in [2.05, 4.69) is 10.6 Å². The molecule has 2 N–H and O–H groups in total. The third-order valence-electron chi connectivity index (χ3n) is 3.97. The lowest BCUT2D eigenvalue weighted by Crippen LogP contribution is -2.49. The number of benzene rings is 1. The molecule has 7 heteroatoms. The van der Waals surface area contributed by atoms with Crippen molar-refractivity contribution in [2.45, 2.75) is 40.2 Å². The van der Waals surface area contributed by atoms with Gasteiger partial charge in [-0.05, 0) is 57.2 Å². The minimum Gasteiger partial charge on any atom is -0.350 e. The number of carbonyl (C=O) groups is 3. The van der Waals surface area contributed by atoms with Crippen LogP contribution in [-0.2, 0) is 9.59 Å². The molecule has 1 aromatic heterocycles. The lowest BCUT2D eigenvalue weighted by Gasteiger charge is -2.28. The Kier molecular flexibility index (Phi) is 6.96. The molecule has 0 aliphatic rings. The molecule has 0 radical (unpaired) electrons. The molecule has 2 rings (SSSR count). The number of aryl methyl sites for hydroxylation is 2. The third kappa shape index (κ3) is 5.92. The lowest BCUT2D eigenvalue weighted by atomic mass is 10.1. The van der Waals surface area contributed by atoms with Crippen molar-refractivity contribution in [1.29, 1.82) is 0 Å². The number of rotatable bonds is 6. The minimum absolute atomic E-state index is 0.114. The Hall–Kier alpha value is -2.67. The summed E-state index contributed by atoms with van der Waals surface area (Å²) in [7, 11) is 0. The highest BCUT2D eigenvalue weighted by molar-refractivity contribution is 7.12. The van der Waals surface area contributed by atoms with Gasteiger partial charge in [0, 0.05) is 5.54 Å². The third-order valence-corrected chi connectivity index (χ3v) is 4.84. The molecule has 0 bridgehead atoms. The van der Waals surface area contributed by atoms with E-state index in [-0.39, 0.29) is 30.8 Å². The van der Waals surface area contributed by atoms with Gasteiger partial charge in [0.05, 0.1) is 17.1 Å². The van der Waals surface area contributed by atoms with E-state index in [4.69, 9.17) is 0 Å². The Balaban J connectivity index is 2.21. The van der Waals surface area contributed by atoms with Gasteiger partial charge in [0.2, 0.25) is 11.8 Å². The van der Waals surface area contributed by atoms with E-state index in [1.54, 1.807) is 17.5 Å². The number of nitrogens with zero attached hydrogens (tertiary/aromatic N) is 1. The Bertz CT molecular complexity index is 834. The molecule has 0 aliphatic heterocycles. The van der Waals surface area contributed by atoms with E-state index in [9.17, 15) is 14.4 Å². The van der Waals surface area contributed by atoms with Crippen LogP contribution in [0.2, 0.25) is 0 Å². The van der Waals surface area contributed by atoms with Crippen LogP contribution in [0.5, 0.6) is 0 Å². The monoisotopic (exact) mass is 401 g/mol. The zero-order valence-electron chi connectivity index (χ0n) is 17.0. The number of para-hydroxylation sites is 1. The number of hydrogen-bond donors (Lipinski definition) is 2. The maximum Gasteiger partial charge on any atom is 0.261 e. The molecular weight excluding hydrogens is 374 g/mol. The summed E-state index contributed by atoms with van der Waals surface area (Å²) in [5, 5.41) is 7.33. The van der Waals surface area contributed by atoms with Crippen LogP contribution in [0.15, 0.2) is 35.7 Å². The Morgan fingerprint density at radius 2 is 1.68 bits per heavy atom. The van der Waals surface area contributed by atoms with Gasteiger partial charge in [0.25, 0.3) is 5.91 Å². The summed E-state index contributed by atoms with van der Waals surface area (Å²) in [6.07, 6.45) is 0. The number of hydrogen-bond acceptors (Lipinski definition) is 4. The molecule has 6 nitrogen and oxygen atoms in total. The summed E-state index contributed by atoms with van der Waals surface area (Å²) < 4.78 is 0. The second-order valence-corrected chi connectivity index (χ2v) is 8.63. The fraction of sp³-hybridized carbons (Fsp3) is 0.381. The van der Waals surface area contributed by atoms with Gasteiger partial charge in [-0.25, -0.2) is 0 Å². The molecule has 1 aromatic carbocycles. The molecule has 0 unspecified atom stereocenters. The van der Waals surface area contributed by atoms with Gasteiger partial charge in [-0.1, -0.05) is 24.3 Å². The van der Waals surface area contributed by atoms with Crippen LogP contribution in [0, 0.1) is 13.8 Å². The van der Waals surface area contributed by atoms with E-state index >= 15 is 0 Å². The number of amides is 3. The summed E-state index contributed by atoms with van der Waals surface area (Å²) >= 11 is 1.31. The molecule has 0 fully saturated rings. The van der Waals surface area contributed by atoms with Crippen molar-refractivity contribution in [3.8, 4) is 0 Å². The Labute approximate surface area is 169 Å². The fourth-order valence-corrected chi connectivity index (χ4v) is 3.51. The molecule has 0 saturated heterocycles. The SMILES string of the molecule is Cc1cccc(C)c1N(CC(=O)NC(C)(C)C)C(=O)CNC(=O)c1cccs1. The summed E-state index contributed by atoms with van der Waals surface area (Å²) in [6.45, 7) is 9.15. The molecule has 0 saturated carbocycles. The molecule has 150 valence electrons. The van der Waals surface area contributed by atoms with Crippen LogP contribution in [-0.4, -0.2) is 36.3 Å². The minimum atomic E-state index is -0.403. The van der Waals surface area contributed by atoms with E-state index in [1.165, 1.54) is 16.2 Å². The first kappa shape index (κ1) is 21.6. The average Bonchev–Trinajstić information content (AvgIpc) is 3.11. The predicted octanol–water partition coefficient (Wildman–Crippen LogP) is 3.04. The zero-order valence-corrected chi connectivity index (χ0v) is 17.8. The van der Waals surface area contributed by atoms with Crippen LogP contribution in [0.25, 0.3) is 0 Å². The second-order valence-electron chi connectivity index (χ2n) is 7.68. The number of anilines is 1. The number of nitrogens with one attached hydrogen (secondary N) is 2. The second kappa shape index (κ2) is 9.01. The van der Waals surface area contributed by atoms with Gasteiger partial charge in [-0.15, -0.1) is 11.3 Å². The number of carbonyl (C=O) groups excluding carboxylic acids is 3. The van der Waals surface area contributed by atoms with E-state index in [0.717, 1.165) is 11.1 Å². The maximum atomic E-state index is 13.0. The van der Waals surface area contributed by atoms with Crippen LogP contribution in [0.1, 0.15) is 41.6 Å². The first-order valence-electron chi connectivity index (χ1n) is 9.08. The smallest absolute Gasteiger partial charge is 0.261 e. The highest BCUT2D eigenvalue weighted by Gasteiger charge is 2.24. The van der Waals surface area contributed by atoms with E-state index < -0.39 is 5.54 Å². The van der Waals surface area contributed by atoms with Crippen molar-refractivity contribution in [2.24, 2.45) is 0 Å². The maximum absolute atomic E-state index is 13.0. The van der Waals surface area contributed by atoms with Gasteiger partial charge in [0.1, 0.15) is 6.54 Å². The summed E-state index contributed by atoms with van der Waals surface area (Å²) in [6, 6.07) is 9.18. The van der Waals surface area contributed by atoms with Crippen LogP contribution >= 0.6 is 11.3 Å². The molecule has 28 heavy (non-hydrogen) atoms. The highest BCUT2D eigenvalue weighted by Crippen LogP contribution is 2.24. The van der Waals surface area contributed by atoms with Crippen molar-refractivity contribution in [3.05, 3.63) is 51.7 Å². The summed E-state index contributed by atoms with van der Waals surface area (Å²) in [4.78, 5) is 39.6. The van der Waals surface area contributed by atoms with Crippen LogP contribution in [0.3, 0.4) is 0 Å². The fourth-order valence-electron chi connectivity index (χ4n) is 2.87. The van der Waals surface area contributed by atoms with Gasteiger partial charge < -0.3 is 15.5 Å². The Morgan fingerprint density at radius 1 is 1.04 bits per heavy atom. The molecule has 0 aliphatic carbocycles. The van der Waals surface area contributed by atoms with Crippen molar-refractivity contribution in [3.63, 3.8) is 0 Å². The predicted molar refractivity (Wildman–Crippen MR) is 113 cm³/mol. The largest absolute Gasteiger partial charge is 0.350 e. The molecule has 0 spiro atoms. The highest BCUT2D eigenvalue weighted by atomic mass is 32.1. The molecule has 3 amide bonds. The van der Waals surface area contributed by atoms with Gasteiger partial charge in [0.15, 0.2) is 0 Å². The molecule has 0 atom stereocenters. The zero-order chi connectivity index (χ0) is 20.9. The molecule has 2 aromatic rings. The molecular formula is C21H27N3O3S. The van der Waals surface area contributed by atoms with Gasteiger partial charge in [-0.2, -0.15) is 0 Å². The van der Waals surface area contributed by atoms with E-state index in [0.29, 0.717) is 10.6 Å². The van der Waals surface area contributed by atoms with Crippen molar-refractivity contribution in [2.75, 3.05) is 18.0 Å². The van der Waals surface area contributed by atoms with Crippen molar-refractivity contribution in [1.82, 2.24) is 10.6 Å². The first-order chi connectivity index (χ1) is 13.1. The van der Waals surface area contributed by atoms with Crippen molar-refractivity contribution >= 4 is 34.7 Å². The first-order valence-corrected chi connectivity index (χ1v) is 9.96. The van der Waals surface area contributed by atoms with Crippen LogP contribution < -0.4 is 15.5 Å². The molecule has 1 heterocycles. The van der Waals surface area contributed by atoms with Crippen molar-refractivity contribution < 1.29 is 14.4 Å². The Morgan fingerprint density at radius 3 is 2.21 bits per heavy atom. The number of thiophene rings is 1. The van der Waals surface area contributed by atoms with Gasteiger partial charge >= 0.3 is 0 Å². The standard InChI is InChI=1S/C21H27N3O3S/c1-14-8-6-9-15(2)19(14)24(13-17(25)23-21(3,4)5)18(26)12-22-20(27)16-10-7-11-28-16/h6-11H,12-13H2,1-5H3,(H,22,27)(H,23,25). The average molecular weight is 402 g/mol. The normalized spacial score (nSPS) is 11.0. The van der Waals surface area contributed by atoms with Gasteiger partial charge in [-0.3, -0.25) is 14.4 Å².